The quantitative estimate of drug-likeness (QED) is 0.869. The van der Waals surface area contributed by atoms with E-state index >= 15 is 0 Å². The third kappa shape index (κ3) is 2.44. The van der Waals surface area contributed by atoms with Crippen molar-refractivity contribution in [2.45, 2.75) is 46.3 Å². The maximum absolute atomic E-state index is 5.73. The first-order valence-corrected chi connectivity index (χ1v) is 6.35. The molecule has 3 nitrogen and oxygen atoms in total. The number of hydrogen-bond acceptors (Lipinski definition) is 3. The molecule has 1 aromatic rings. The second kappa shape index (κ2) is 4.65. The highest BCUT2D eigenvalue weighted by molar-refractivity contribution is 5.45. The number of pyridine rings is 1. The van der Waals surface area contributed by atoms with Gasteiger partial charge in [-0.15, -0.1) is 0 Å². The van der Waals surface area contributed by atoms with Crippen LogP contribution >= 0.6 is 0 Å². The number of hydrogen-bond donors (Lipinski definition) is 1. The van der Waals surface area contributed by atoms with Gasteiger partial charge in [-0.25, -0.2) is 0 Å². The average molecular weight is 234 g/mol. The van der Waals surface area contributed by atoms with E-state index < -0.39 is 0 Å². The lowest BCUT2D eigenvalue weighted by molar-refractivity contribution is -0.0975. The molecule has 1 N–H and O–H groups in total. The van der Waals surface area contributed by atoms with Gasteiger partial charge in [0.05, 0.1) is 6.10 Å². The van der Waals surface area contributed by atoms with Crippen molar-refractivity contribution in [3.05, 3.63) is 24.0 Å². The Morgan fingerprint density at radius 2 is 2.29 bits per heavy atom. The van der Waals surface area contributed by atoms with E-state index in [1.165, 1.54) is 0 Å². The Balaban J connectivity index is 1.98. The monoisotopic (exact) mass is 234 g/mol. The molecule has 1 heterocycles. The van der Waals surface area contributed by atoms with Gasteiger partial charge in [0, 0.05) is 35.6 Å². The molecule has 0 radical (unpaired) electrons. The SMILES string of the molecule is CCOC1CC(Nc2ccnc(C)c2)C1(C)C. The highest BCUT2D eigenvalue weighted by Gasteiger charge is 2.48. The first-order valence-electron chi connectivity index (χ1n) is 6.35. The number of nitrogens with one attached hydrogen (secondary N) is 1. The summed E-state index contributed by atoms with van der Waals surface area (Å²) in [5.41, 5.74) is 2.41. The number of aryl methyl sites for hydroxylation is 1. The van der Waals surface area contributed by atoms with Crippen molar-refractivity contribution in [2.75, 3.05) is 11.9 Å². The lowest BCUT2D eigenvalue weighted by atomic mass is 9.64. The summed E-state index contributed by atoms with van der Waals surface area (Å²) < 4.78 is 5.73. The lowest BCUT2D eigenvalue weighted by Crippen LogP contribution is -2.58. The minimum Gasteiger partial charge on any atom is -0.381 e. The summed E-state index contributed by atoms with van der Waals surface area (Å²) in [6, 6.07) is 4.60. The summed E-state index contributed by atoms with van der Waals surface area (Å²) in [5.74, 6) is 0. The summed E-state index contributed by atoms with van der Waals surface area (Å²) in [6.45, 7) is 9.41. The smallest absolute Gasteiger partial charge is 0.0665 e. The minimum atomic E-state index is 0.202. The molecule has 0 bridgehead atoms. The van der Waals surface area contributed by atoms with Gasteiger partial charge in [-0.3, -0.25) is 4.98 Å². The molecule has 1 aliphatic rings. The van der Waals surface area contributed by atoms with Gasteiger partial charge in [-0.05, 0) is 32.4 Å². The molecule has 2 atom stereocenters. The number of nitrogens with zero attached hydrogens (tertiary/aromatic N) is 1. The van der Waals surface area contributed by atoms with Crippen LogP contribution in [0.1, 0.15) is 32.9 Å². The topological polar surface area (TPSA) is 34.1 Å². The molecule has 17 heavy (non-hydrogen) atoms. The van der Waals surface area contributed by atoms with Crippen LogP contribution in [0, 0.1) is 12.3 Å². The predicted molar refractivity (Wildman–Crippen MR) is 70.2 cm³/mol. The molecular weight excluding hydrogens is 212 g/mol. The standard InChI is InChI=1S/C14H22N2O/c1-5-17-13-9-12(14(13,3)4)16-11-6-7-15-10(2)8-11/h6-8,12-13H,5,9H2,1-4H3,(H,15,16). The van der Waals surface area contributed by atoms with Crippen LogP contribution < -0.4 is 5.32 Å². The van der Waals surface area contributed by atoms with E-state index in [-0.39, 0.29) is 5.41 Å². The van der Waals surface area contributed by atoms with Crippen LogP contribution in [0.3, 0.4) is 0 Å². The normalized spacial score (nSPS) is 26.4. The molecule has 1 fully saturated rings. The fourth-order valence-corrected chi connectivity index (χ4v) is 2.45. The average Bonchev–Trinajstić information content (AvgIpc) is 2.28. The third-order valence-corrected chi connectivity index (χ3v) is 3.78. The molecule has 1 aromatic heterocycles. The minimum absolute atomic E-state index is 0.202. The van der Waals surface area contributed by atoms with Crippen molar-refractivity contribution >= 4 is 5.69 Å². The largest absolute Gasteiger partial charge is 0.381 e. The van der Waals surface area contributed by atoms with Gasteiger partial charge in [0.2, 0.25) is 0 Å². The summed E-state index contributed by atoms with van der Waals surface area (Å²) in [4.78, 5) is 4.21. The van der Waals surface area contributed by atoms with Crippen molar-refractivity contribution in [1.29, 1.82) is 0 Å². The van der Waals surface area contributed by atoms with E-state index in [9.17, 15) is 0 Å². The number of aromatic nitrogens is 1. The van der Waals surface area contributed by atoms with E-state index in [2.05, 4.69) is 37.1 Å². The van der Waals surface area contributed by atoms with Gasteiger partial charge in [-0.2, -0.15) is 0 Å². The van der Waals surface area contributed by atoms with E-state index in [1.807, 2.05) is 19.2 Å². The summed E-state index contributed by atoms with van der Waals surface area (Å²) >= 11 is 0. The molecule has 2 unspecified atom stereocenters. The molecule has 2 rings (SSSR count). The van der Waals surface area contributed by atoms with E-state index in [0.29, 0.717) is 12.1 Å². The Hall–Kier alpha value is -1.09. The summed E-state index contributed by atoms with van der Waals surface area (Å²) in [5, 5.41) is 3.58. The Bertz CT molecular complexity index is 390. The summed E-state index contributed by atoms with van der Waals surface area (Å²) in [6.07, 6.45) is 3.32. The van der Waals surface area contributed by atoms with Crippen LogP contribution in [-0.4, -0.2) is 23.7 Å². The van der Waals surface area contributed by atoms with Crippen LogP contribution in [0.2, 0.25) is 0 Å². The Labute approximate surface area is 104 Å². The first kappa shape index (κ1) is 12.4. The van der Waals surface area contributed by atoms with Crippen LogP contribution in [0.15, 0.2) is 18.3 Å². The van der Waals surface area contributed by atoms with Gasteiger partial charge < -0.3 is 10.1 Å². The molecule has 0 saturated heterocycles. The Morgan fingerprint density at radius 3 is 2.88 bits per heavy atom. The zero-order chi connectivity index (χ0) is 12.5. The van der Waals surface area contributed by atoms with Crippen LogP contribution in [-0.2, 0) is 4.74 Å². The number of rotatable bonds is 4. The van der Waals surface area contributed by atoms with E-state index in [1.54, 1.807) is 0 Å². The highest BCUT2D eigenvalue weighted by Crippen LogP contribution is 2.44. The fraction of sp³-hybridized carbons (Fsp3) is 0.643. The molecular formula is C14H22N2O. The molecule has 0 aromatic carbocycles. The van der Waals surface area contributed by atoms with Gasteiger partial charge in [0.1, 0.15) is 0 Å². The van der Waals surface area contributed by atoms with Gasteiger partial charge >= 0.3 is 0 Å². The van der Waals surface area contributed by atoms with E-state index in [0.717, 1.165) is 24.4 Å². The third-order valence-electron chi connectivity index (χ3n) is 3.78. The van der Waals surface area contributed by atoms with Crippen LogP contribution in [0.4, 0.5) is 5.69 Å². The fourth-order valence-electron chi connectivity index (χ4n) is 2.45. The molecule has 94 valence electrons. The number of ether oxygens (including phenoxy) is 1. The molecule has 0 aliphatic heterocycles. The molecule has 1 saturated carbocycles. The van der Waals surface area contributed by atoms with Gasteiger partial charge in [-0.1, -0.05) is 13.8 Å². The Morgan fingerprint density at radius 1 is 1.53 bits per heavy atom. The second-order valence-electron chi connectivity index (χ2n) is 5.38. The predicted octanol–water partition coefficient (Wildman–Crippen LogP) is 3.01. The van der Waals surface area contributed by atoms with Crippen molar-refractivity contribution in [3.8, 4) is 0 Å². The molecule has 0 amide bonds. The van der Waals surface area contributed by atoms with Crippen molar-refractivity contribution in [2.24, 2.45) is 5.41 Å². The molecule has 1 aliphatic carbocycles. The second-order valence-corrected chi connectivity index (χ2v) is 5.38. The van der Waals surface area contributed by atoms with Gasteiger partial charge in [0.25, 0.3) is 0 Å². The van der Waals surface area contributed by atoms with Crippen LogP contribution in [0.25, 0.3) is 0 Å². The Kier molecular flexibility index (Phi) is 3.38. The van der Waals surface area contributed by atoms with Crippen LogP contribution in [0.5, 0.6) is 0 Å². The maximum atomic E-state index is 5.73. The van der Waals surface area contributed by atoms with E-state index in [4.69, 9.17) is 4.74 Å². The van der Waals surface area contributed by atoms with Crippen molar-refractivity contribution < 1.29 is 4.74 Å². The lowest BCUT2D eigenvalue weighted by Gasteiger charge is -2.52. The van der Waals surface area contributed by atoms with Crippen molar-refractivity contribution in [3.63, 3.8) is 0 Å². The maximum Gasteiger partial charge on any atom is 0.0665 e. The molecule has 0 spiro atoms. The zero-order valence-corrected chi connectivity index (χ0v) is 11.2. The number of anilines is 1. The van der Waals surface area contributed by atoms with Crippen molar-refractivity contribution in [1.82, 2.24) is 4.98 Å². The first-order chi connectivity index (χ1) is 8.04. The van der Waals surface area contributed by atoms with Gasteiger partial charge in [0.15, 0.2) is 0 Å². The summed E-state index contributed by atoms with van der Waals surface area (Å²) in [7, 11) is 0. The molecule has 3 heteroatoms. The highest BCUT2D eigenvalue weighted by atomic mass is 16.5. The zero-order valence-electron chi connectivity index (χ0n) is 11.2.